The van der Waals surface area contributed by atoms with E-state index in [1.54, 1.807) is 7.11 Å². The maximum Gasteiger partial charge on any atom is 0.237 e. The first-order chi connectivity index (χ1) is 11.6. The molecule has 0 bridgehead atoms. The zero-order valence-corrected chi connectivity index (χ0v) is 14.2. The number of amides is 1. The largest absolute Gasteiger partial charge is 0.493 e. The highest BCUT2D eigenvalue weighted by Crippen LogP contribution is 2.35. The number of rotatable bonds is 5. The molecule has 24 heavy (non-hydrogen) atoms. The van der Waals surface area contributed by atoms with Gasteiger partial charge in [0, 0.05) is 31.2 Å². The Morgan fingerprint density at radius 2 is 2.33 bits per heavy atom. The summed E-state index contributed by atoms with van der Waals surface area (Å²) < 4.78 is 11.2. The molecule has 2 aliphatic heterocycles. The van der Waals surface area contributed by atoms with Gasteiger partial charge in [-0.25, -0.2) is 0 Å². The maximum absolute atomic E-state index is 12.2. The van der Waals surface area contributed by atoms with Crippen LogP contribution in [-0.2, 0) is 4.79 Å². The van der Waals surface area contributed by atoms with Crippen molar-refractivity contribution in [1.82, 2.24) is 10.2 Å². The first-order valence-electron chi connectivity index (χ1n) is 8.39. The van der Waals surface area contributed by atoms with Crippen molar-refractivity contribution >= 4 is 12.0 Å². The first-order valence-corrected chi connectivity index (χ1v) is 8.39. The molecule has 1 aromatic rings. The van der Waals surface area contributed by atoms with E-state index in [4.69, 9.17) is 15.2 Å². The molecular formula is C18H25N3O3. The molecule has 130 valence electrons. The maximum atomic E-state index is 12.2. The lowest BCUT2D eigenvalue weighted by atomic mass is 10.1. The van der Waals surface area contributed by atoms with Gasteiger partial charge in [-0.3, -0.25) is 9.69 Å². The average Bonchev–Trinajstić information content (AvgIpc) is 2.94. The fourth-order valence-electron chi connectivity index (χ4n) is 3.42. The van der Waals surface area contributed by atoms with Gasteiger partial charge in [0.2, 0.25) is 5.91 Å². The number of carbonyl (C=O) groups is 1. The van der Waals surface area contributed by atoms with Crippen molar-refractivity contribution in [3.8, 4) is 11.5 Å². The number of nitrogens with zero attached hydrogens (tertiary/aromatic N) is 1. The standard InChI is InChI=1S/C18H25N3O3/c1-3-20-18(22)15-8-14(19)10-21(15)9-12-7-13-5-4-6-16(23-2)17(13)24-11-12/h4-7,14-15H,3,8-11,19H2,1-2H3,(H,20,22)/t14-,15-/m0/s1. The second-order valence-electron chi connectivity index (χ2n) is 6.31. The van der Waals surface area contributed by atoms with E-state index < -0.39 is 0 Å². The number of para-hydroxylation sites is 1. The van der Waals surface area contributed by atoms with E-state index in [9.17, 15) is 4.79 Å². The molecule has 0 spiro atoms. The van der Waals surface area contributed by atoms with Gasteiger partial charge in [0.15, 0.2) is 11.5 Å². The van der Waals surface area contributed by atoms with E-state index in [1.165, 1.54) is 0 Å². The minimum atomic E-state index is -0.160. The number of hydrogen-bond acceptors (Lipinski definition) is 5. The summed E-state index contributed by atoms with van der Waals surface area (Å²) in [7, 11) is 1.64. The third kappa shape index (κ3) is 3.39. The lowest BCUT2D eigenvalue weighted by molar-refractivity contribution is -0.125. The van der Waals surface area contributed by atoms with Crippen molar-refractivity contribution in [2.24, 2.45) is 5.73 Å². The molecule has 6 nitrogen and oxygen atoms in total. The number of nitrogens with two attached hydrogens (primary N) is 1. The van der Waals surface area contributed by atoms with E-state index >= 15 is 0 Å². The van der Waals surface area contributed by atoms with Crippen LogP contribution < -0.4 is 20.5 Å². The lowest BCUT2D eigenvalue weighted by Gasteiger charge is -2.27. The predicted octanol–water partition coefficient (Wildman–Crippen LogP) is 1.01. The third-order valence-electron chi connectivity index (χ3n) is 4.49. The van der Waals surface area contributed by atoms with E-state index in [0.717, 1.165) is 29.2 Å². The van der Waals surface area contributed by atoms with Gasteiger partial charge in [0.1, 0.15) is 6.61 Å². The Bertz CT molecular complexity index is 644. The number of benzene rings is 1. The van der Waals surface area contributed by atoms with E-state index in [0.29, 0.717) is 26.1 Å². The van der Waals surface area contributed by atoms with Crippen molar-refractivity contribution in [1.29, 1.82) is 0 Å². The third-order valence-corrected chi connectivity index (χ3v) is 4.49. The second kappa shape index (κ2) is 7.23. The molecule has 2 heterocycles. The van der Waals surface area contributed by atoms with Gasteiger partial charge in [0.25, 0.3) is 0 Å². The summed E-state index contributed by atoms with van der Waals surface area (Å²) in [6.07, 6.45) is 2.82. The Morgan fingerprint density at radius 1 is 1.50 bits per heavy atom. The smallest absolute Gasteiger partial charge is 0.237 e. The SMILES string of the molecule is CCNC(=O)[C@@H]1C[C@H](N)CN1CC1=Cc2cccc(OC)c2OC1. The normalized spacial score (nSPS) is 23.2. The molecule has 0 aromatic heterocycles. The quantitative estimate of drug-likeness (QED) is 0.842. The van der Waals surface area contributed by atoms with Crippen LogP contribution in [0, 0.1) is 0 Å². The minimum absolute atomic E-state index is 0.0371. The molecule has 1 amide bonds. The first kappa shape index (κ1) is 16.8. The highest BCUT2D eigenvalue weighted by atomic mass is 16.5. The molecule has 0 aliphatic carbocycles. The summed E-state index contributed by atoms with van der Waals surface area (Å²) in [5.41, 5.74) is 8.23. The number of carbonyl (C=O) groups excluding carboxylic acids is 1. The van der Waals surface area contributed by atoms with E-state index in [2.05, 4.69) is 16.3 Å². The van der Waals surface area contributed by atoms with Crippen LogP contribution in [0.2, 0.25) is 0 Å². The van der Waals surface area contributed by atoms with Gasteiger partial charge in [-0.1, -0.05) is 12.1 Å². The molecule has 3 N–H and O–H groups in total. The monoisotopic (exact) mass is 331 g/mol. The second-order valence-corrected chi connectivity index (χ2v) is 6.31. The van der Waals surface area contributed by atoms with Gasteiger partial charge in [-0.2, -0.15) is 0 Å². The molecule has 0 radical (unpaired) electrons. The number of likely N-dealkylation sites (N-methyl/N-ethyl adjacent to an activating group) is 1. The highest BCUT2D eigenvalue weighted by molar-refractivity contribution is 5.82. The van der Waals surface area contributed by atoms with Crippen LogP contribution in [0.15, 0.2) is 23.8 Å². The van der Waals surface area contributed by atoms with Crippen molar-refractivity contribution in [3.05, 3.63) is 29.3 Å². The van der Waals surface area contributed by atoms with Crippen LogP contribution >= 0.6 is 0 Å². The Morgan fingerprint density at radius 3 is 3.08 bits per heavy atom. The Hall–Kier alpha value is -2.05. The van der Waals surface area contributed by atoms with Crippen molar-refractivity contribution in [2.45, 2.75) is 25.4 Å². The van der Waals surface area contributed by atoms with Crippen LogP contribution in [0.25, 0.3) is 6.08 Å². The molecule has 2 atom stereocenters. The fourth-order valence-corrected chi connectivity index (χ4v) is 3.42. The minimum Gasteiger partial charge on any atom is -0.493 e. The molecule has 0 unspecified atom stereocenters. The number of fused-ring (bicyclic) bond motifs is 1. The van der Waals surface area contributed by atoms with Gasteiger partial charge in [-0.05, 0) is 31.1 Å². The van der Waals surface area contributed by atoms with Crippen LogP contribution in [-0.4, -0.2) is 56.2 Å². The number of nitrogens with one attached hydrogen (secondary N) is 1. The molecule has 6 heteroatoms. The molecule has 1 aromatic carbocycles. The van der Waals surface area contributed by atoms with Gasteiger partial charge < -0.3 is 20.5 Å². The van der Waals surface area contributed by atoms with Crippen LogP contribution in [0.3, 0.4) is 0 Å². The number of likely N-dealkylation sites (tertiary alicyclic amines) is 1. The zero-order chi connectivity index (χ0) is 17.1. The predicted molar refractivity (Wildman–Crippen MR) is 93.1 cm³/mol. The highest BCUT2D eigenvalue weighted by Gasteiger charge is 2.35. The fraction of sp³-hybridized carbons (Fsp3) is 0.500. The van der Waals surface area contributed by atoms with Gasteiger partial charge in [0.05, 0.1) is 13.2 Å². The molecular weight excluding hydrogens is 306 g/mol. The van der Waals surface area contributed by atoms with Crippen molar-refractivity contribution in [3.63, 3.8) is 0 Å². The molecule has 1 fully saturated rings. The summed E-state index contributed by atoms with van der Waals surface area (Å²) in [5, 5.41) is 2.90. The van der Waals surface area contributed by atoms with Gasteiger partial charge in [-0.15, -0.1) is 0 Å². The number of methoxy groups -OCH3 is 1. The summed E-state index contributed by atoms with van der Waals surface area (Å²) in [6.45, 7) is 4.48. The van der Waals surface area contributed by atoms with Crippen molar-refractivity contribution < 1.29 is 14.3 Å². The van der Waals surface area contributed by atoms with E-state index in [-0.39, 0.29) is 18.0 Å². The Kier molecular flexibility index (Phi) is 5.06. The zero-order valence-electron chi connectivity index (χ0n) is 14.2. The summed E-state index contributed by atoms with van der Waals surface area (Å²) in [5.74, 6) is 1.58. The lowest BCUT2D eigenvalue weighted by Crippen LogP contribution is -2.44. The Labute approximate surface area is 142 Å². The molecule has 3 rings (SSSR count). The topological polar surface area (TPSA) is 76.8 Å². The van der Waals surface area contributed by atoms with Crippen molar-refractivity contribution in [2.75, 3.05) is 33.4 Å². The average molecular weight is 331 g/mol. The van der Waals surface area contributed by atoms with Gasteiger partial charge >= 0.3 is 0 Å². The summed E-state index contributed by atoms with van der Waals surface area (Å²) in [6, 6.07) is 5.72. The summed E-state index contributed by atoms with van der Waals surface area (Å²) in [4.78, 5) is 14.4. The summed E-state index contributed by atoms with van der Waals surface area (Å²) >= 11 is 0. The van der Waals surface area contributed by atoms with Crippen LogP contribution in [0.4, 0.5) is 0 Å². The molecule has 1 saturated heterocycles. The number of ether oxygens (including phenoxy) is 2. The molecule has 0 saturated carbocycles. The molecule has 2 aliphatic rings. The number of hydrogen-bond donors (Lipinski definition) is 2. The Balaban J connectivity index is 1.75. The van der Waals surface area contributed by atoms with Crippen LogP contribution in [0.1, 0.15) is 18.9 Å². The van der Waals surface area contributed by atoms with E-state index in [1.807, 2.05) is 25.1 Å². The van der Waals surface area contributed by atoms with Crippen LogP contribution in [0.5, 0.6) is 11.5 Å².